The summed E-state index contributed by atoms with van der Waals surface area (Å²) in [6.45, 7) is 0.170. The van der Waals surface area contributed by atoms with Crippen LogP contribution in [0.15, 0.2) is 66.7 Å². The van der Waals surface area contributed by atoms with Crippen molar-refractivity contribution in [3.8, 4) is 10.4 Å². The van der Waals surface area contributed by atoms with E-state index in [1.165, 1.54) is 16.2 Å². The molecule has 4 rings (SSSR count). The minimum Gasteiger partial charge on any atom is -0.399 e. The second-order valence-corrected chi connectivity index (χ2v) is 11.7. The minimum atomic E-state index is -3.89. The third-order valence-corrected chi connectivity index (χ3v) is 10.1. The number of thiophene rings is 1. The number of hydroxylamine groups is 1. The van der Waals surface area contributed by atoms with Crippen molar-refractivity contribution in [2.75, 3.05) is 24.6 Å². The SMILES string of the molecule is Cl.Nc1cccc(-c2ccc(C3(CC(=O)NO)CCN(C(=O)c4ccccc4)CCS3(=O)=O)s2)c1. The summed E-state index contributed by atoms with van der Waals surface area (Å²) in [5.74, 6) is -1.36. The van der Waals surface area contributed by atoms with Gasteiger partial charge < -0.3 is 10.6 Å². The van der Waals surface area contributed by atoms with Crippen molar-refractivity contribution in [2.45, 2.75) is 17.6 Å². The Kier molecular flexibility index (Phi) is 8.22. The fourth-order valence-electron chi connectivity index (χ4n) is 4.27. The lowest BCUT2D eigenvalue weighted by molar-refractivity contribution is -0.129. The van der Waals surface area contributed by atoms with Gasteiger partial charge in [-0.2, -0.15) is 0 Å². The van der Waals surface area contributed by atoms with Crippen LogP contribution in [-0.2, 0) is 19.4 Å². The molecule has 11 heteroatoms. The van der Waals surface area contributed by atoms with Gasteiger partial charge in [0.05, 0.1) is 12.2 Å². The molecule has 3 aromatic rings. The number of nitrogens with zero attached hydrogens (tertiary/aromatic N) is 1. The number of rotatable bonds is 5. The highest BCUT2D eigenvalue weighted by Crippen LogP contribution is 2.45. The van der Waals surface area contributed by atoms with E-state index in [2.05, 4.69) is 0 Å². The number of sulfone groups is 1. The Morgan fingerprint density at radius 1 is 1.06 bits per heavy atom. The molecule has 0 radical (unpaired) electrons. The third kappa shape index (κ3) is 5.35. The van der Waals surface area contributed by atoms with E-state index in [1.54, 1.807) is 60.1 Å². The first-order valence-corrected chi connectivity index (χ1v) is 13.2. The van der Waals surface area contributed by atoms with Crippen LogP contribution in [0.3, 0.4) is 0 Å². The van der Waals surface area contributed by atoms with Crippen molar-refractivity contribution < 1.29 is 23.2 Å². The number of nitrogens with two attached hydrogens (primary N) is 1. The van der Waals surface area contributed by atoms with Gasteiger partial charge in [-0.1, -0.05) is 30.3 Å². The van der Waals surface area contributed by atoms with Gasteiger partial charge in [0.25, 0.3) is 5.91 Å². The van der Waals surface area contributed by atoms with Crippen LogP contribution in [0.4, 0.5) is 5.69 Å². The van der Waals surface area contributed by atoms with Crippen LogP contribution in [0.2, 0.25) is 0 Å². The predicted octanol–water partition coefficient (Wildman–Crippen LogP) is 3.47. The van der Waals surface area contributed by atoms with Gasteiger partial charge in [-0.15, -0.1) is 23.7 Å². The number of benzene rings is 2. The van der Waals surface area contributed by atoms with E-state index < -0.39 is 26.9 Å². The molecule has 2 amide bonds. The van der Waals surface area contributed by atoms with Gasteiger partial charge in [0.1, 0.15) is 4.75 Å². The first kappa shape index (κ1) is 26.7. The highest BCUT2D eigenvalue weighted by Gasteiger charge is 2.49. The molecule has 1 unspecified atom stereocenters. The van der Waals surface area contributed by atoms with E-state index in [0.29, 0.717) is 16.1 Å². The topological polar surface area (TPSA) is 130 Å². The van der Waals surface area contributed by atoms with E-state index in [1.807, 2.05) is 12.1 Å². The van der Waals surface area contributed by atoms with Gasteiger partial charge in [0.2, 0.25) is 5.91 Å². The molecule has 0 bridgehead atoms. The van der Waals surface area contributed by atoms with Gasteiger partial charge >= 0.3 is 0 Å². The number of hydrogen-bond acceptors (Lipinski definition) is 7. The van der Waals surface area contributed by atoms with E-state index >= 15 is 0 Å². The van der Waals surface area contributed by atoms with E-state index in [0.717, 1.165) is 10.4 Å². The number of halogens is 1. The summed E-state index contributed by atoms with van der Waals surface area (Å²) in [7, 11) is -3.89. The monoisotopic (exact) mass is 535 g/mol. The summed E-state index contributed by atoms with van der Waals surface area (Å²) in [6, 6.07) is 19.4. The molecule has 8 nitrogen and oxygen atoms in total. The smallest absolute Gasteiger partial charge is 0.253 e. The summed E-state index contributed by atoms with van der Waals surface area (Å²) < 4.78 is 25.8. The molecule has 1 atom stereocenters. The quantitative estimate of drug-likeness (QED) is 0.260. The van der Waals surface area contributed by atoms with Crippen LogP contribution >= 0.6 is 23.7 Å². The number of carbonyl (C=O) groups excluding carboxylic acids is 2. The van der Waals surface area contributed by atoms with Crippen molar-refractivity contribution in [1.29, 1.82) is 0 Å². The first-order valence-electron chi connectivity index (χ1n) is 10.7. The van der Waals surface area contributed by atoms with Gasteiger partial charge in [-0.05, 0) is 48.4 Å². The second-order valence-electron chi connectivity index (χ2n) is 8.22. The molecule has 1 aliphatic rings. The van der Waals surface area contributed by atoms with Gasteiger partial charge in [-0.25, -0.2) is 13.9 Å². The molecular formula is C24H26ClN3O5S2. The van der Waals surface area contributed by atoms with Crippen LogP contribution < -0.4 is 11.2 Å². The fraction of sp³-hybridized carbons (Fsp3) is 0.250. The number of hydrogen-bond donors (Lipinski definition) is 3. The Balaban J connectivity index is 0.00000342. The third-order valence-electron chi connectivity index (χ3n) is 6.12. The predicted molar refractivity (Wildman–Crippen MR) is 138 cm³/mol. The summed E-state index contributed by atoms with van der Waals surface area (Å²) >= 11 is 1.27. The van der Waals surface area contributed by atoms with Crippen LogP contribution in [-0.4, -0.2) is 49.2 Å². The summed E-state index contributed by atoms with van der Waals surface area (Å²) in [4.78, 5) is 28.1. The summed E-state index contributed by atoms with van der Waals surface area (Å²) in [6.07, 6.45) is -0.422. The van der Waals surface area contributed by atoms with Crippen molar-refractivity contribution in [3.05, 3.63) is 77.2 Å². The van der Waals surface area contributed by atoms with Crippen molar-refractivity contribution in [2.24, 2.45) is 0 Å². The number of anilines is 1. The molecular weight excluding hydrogens is 510 g/mol. The maximum atomic E-state index is 13.7. The molecule has 1 aromatic heterocycles. The standard InChI is InChI=1S/C24H25N3O5S2.ClH/c25-19-8-4-7-18(15-19)20-9-10-21(33-20)24(16-22(28)26-30)11-12-27(13-14-34(24,31)32)23(29)17-5-2-1-3-6-17;/h1-10,15,30H,11-14,16,25H2,(H,26,28);1H. The molecule has 0 aliphatic carbocycles. The first-order chi connectivity index (χ1) is 16.3. The molecule has 0 spiro atoms. The Bertz CT molecular complexity index is 1310. The van der Waals surface area contributed by atoms with Gasteiger partial charge in [0.15, 0.2) is 9.84 Å². The lowest BCUT2D eigenvalue weighted by atomic mass is 9.97. The molecule has 1 fully saturated rings. The fourth-order valence-corrected chi connectivity index (χ4v) is 7.87. The maximum absolute atomic E-state index is 13.7. The molecule has 1 aliphatic heterocycles. The van der Waals surface area contributed by atoms with E-state index in [4.69, 9.17) is 5.73 Å². The normalized spacial score (nSPS) is 19.3. The van der Waals surface area contributed by atoms with Crippen LogP contribution in [0, 0.1) is 0 Å². The molecule has 0 saturated carbocycles. The highest BCUT2D eigenvalue weighted by atomic mass is 35.5. The molecule has 186 valence electrons. The lowest BCUT2D eigenvalue weighted by Crippen LogP contribution is -2.41. The number of nitrogen functional groups attached to an aromatic ring is 1. The van der Waals surface area contributed by atoms with Crippen LogP contribution in [0.25, 0.3) is 10.4 Å². The van der Waals surface area contributed by atoms with Crippen LogP contribution in [0.5, 0.6) is 0 Å². The number of amides is 2. The van der Waals surface area contributed by atoms with Crippen molar-refractivity contribution >= 4 is 51.1 Å². The zero-order valence-electron chi connectivity index (χ0n) is 18.7. The van der Waals surface area contributed by atoms with E-state index in [-0.39, 0.29) is 43.6 Å². The average molecular weight is 536 g/mol. The average Bonchev–Trinajstić information content (AvgIpc) is 3.29. The molecule has 2 heterocycles. The van der Waals surface area contributed by atoms with E-state index in [9.17, 15) is 23.2 Å². The lowest BCUT2D eigenvalue weighted by Gasteiger charge is -2.30. The number of nitrogens with one attached hydrogen (secondary N) is 1. The van der Waals surface area contributed by atoms with Crippen molar-refractivity contribution in [3.63, 3.8) is 0 Å². The second kappa shape index (κ2) is 10.8. The minimum absolute atomic E-state index is 0. The van der Waals surface area contributed by atoms with Gasteiger partial charge in [-0.3, -0.25) is 14.8 Å². The number of carbonyl (C=O) groups is 2. The Labute approximate surface area is 214 Å². The largest absolute Gasteiger partial charge is 0.399 e. The Morgan fingerprint density at radius 2 is 1.80 bits per heavy atom. The summed E-state index contributed by atoms with van der Waals surface area (Å²) in [5.41, 5.74) is 9.37. The van der Waals surface area contributed by atoms with Crippen LogP contribution in [0.1, 0.15) is 28.1 Å². The maximum Gasteiger partial charge on any atom is 0.253 e. The Morgan fingerprint density at radius 3 is 2.49 bits per heavy atom. The Hall–Kier alpha value is -2.92. The highest BCUT2D eigenvalue weighted by molar-refractivity contribution is 7.92. The molecule has 2 aromatic carbocycles. The zero-order valence-corrected chi connectivity index (χ0v) is 21.2. The molecule has 4 N–H and O–H groups in total. The molecule has 35 heavy (non-hydrogen) atoms. The van der Waals surface area contributed by atoms with Gasteiger partial charge in [0, 0.05) is 34.1 Å². The zero-order chi connectivity index (χ0) is 24.3. The summed E-state index contributed by atoms with van der Waals surface area (Å²) in [5, 5.41) is 9.20. The van der Waals surface area contributed by atoms with Crippen molar-refractivity contribution in [1.82, 2.24) is 10.4 Å². The molecule has 1 saturated heterocycles.